The van der Waals surface area contributed by atoms with Gasteiger partial charge in [-0.1, -0.05) is 25.0 Å². The first-order valence-corrected chi connectivity index (χ1v) is 11.3. The van der Waals surface area contributed by atoms with Gasteiger partial charge in [0.25, 0.3) is 0 Å². The summed E-state index contributed by atoms with van der Waals surface area (Å²) in [5.74, 6) is 1.08. The van der Waals surface area contributed by atoms with Crippen LogP contribution in [0.25, 0.3) is 0 Å². The maximum absolute atomic E-state index is 12.3. The van der Waals surface area contributed by atoms with Gasteiger partial charge in [-0.2, -0.15) is 0 Å². The lowest BCUT2D eigenvalue weighted by Gasteiger charge is -2.14. The molecule has 166 valence electrons. The number of hydrogen-bond donors (Lipinski definition) is 3. The number of nitrogens with one attached hydrogen (secondary N) is 3. The quantitative estimate of drug-likeness (QED) is 0.310. The van der Waals surface area contributed by atoms with Crippen molar-refractivity contribution in [3.05, 3.63) is 29.8 Å². The van der Waals surface area contributed by atoms with Crippen molar-refractivity contribution in [1.29, 1.82) is 0 Å². The Morgan fingerprint density at radius 3 is 2.83 bits per heavy atom. The molecule has 2 aliphatic rings. The maximum Gasteiger partial charge on any atom is 0.227 e. The number of ether oxygens (including phenoxy) is 2. The fourth-order valence-electron chi connectivity index (χ4n) is 3.97. The van der Waals surface area contributed by atoms with Gasteiger partial charge in [0, 0.05) is 45.0 Å². The van der Waals surface area contributed by atoms with E-state index in [0.717, 1.165) is 75.3 Å². The van der Waals surface area contributed by atoms with Crippen LogP contribution < -0.4 is 16.0 Å². The summed E-state index contributed by atoms with van der Waals surface area (Å²) in [7, 11) is 1.77. The minimum absolute atomic E-state index is 0.150. The van der Waals surface area contributed by atoms with Crippen LogP contribution in [0.5, 0.6) is 0 Å². The predicted molar refractivity (Wildman–Crippen MR) is 120 cm³/mol. The van der Waals surface area contributed by atoms with E-state index in [2.05, 4.69) is 20.9 Å². The summed E-state index contributed by atoms with van der Waals surface area (Å²) in [6.45, 7) is 3.71. The highest BCUT2D eigenvalue weighted by Gasteiger charge is 2.22. The highest BCUT2D eigenvalue weighted by molar-refractivity contribution is 5.92. The van der Waals surface area contributed by atoms with Gasteiger partial charge in [-0.3, -0.25) is 9.79 Å². The summed E-state index contributed by atoms with van der Waals surface area (Å²) >= 11 is 0. The third-order valence-electron chi connectivity index (χ3n) is 5.69. The van der Waals surface area contributed by atoms with Crippen LogP contribution in [-0.2, 0) is 20.8 Å². The van der Waals surface area contributed by atoms with Crippen molar-refractivity contribution in [1.82, 2.24) is 10.6 Å². The molecule has 1 aliphatic carbocycles. The van der Waals surface area contributed by atoms with Crippen molar-refractivity contribution < 1.29 is 14.3 Å². The molecule has 0 bridgehead atoms. The molecule has 1 atom stereocenters. The van der Waals surface area contributed by atoms with Crippen molar-refractivity contribution in [3.63, 3.8) is 0 Å². The van der Waals surface area contributed by atoms with Crippen molar-refractivity contribution in [3.8, 4) is 0 Å². The van der Waals surface area contributed by atoms with E-state index in [0.29, 0.717) is 19.8 Å². The number of carbonyl (C=O) groups excluding carboxylic acids is 1. The Labute approximate surface area is 180 Å². The normalized spacial score (nSPS) is 19.8. The Morgan fingerprint density at radius 1 is 1.20 bits per heavy atom. The molecule has 1 amide bonds. The van der Waals surface area contributed by atoms with Crippen molar-refractivity contribution in [2.75, 3.05) is 38.7 Å². The first-order chi connectivity index (χ1) is 14.7. The van der Waals surface area contributed by atoms with Gasteiger partial charge >= 0.3 is 0 Å². The summed E-state index contributed by atoms with van der Waals surface area (Å²) in [6.07, 6.45) is 7.79. The predicted octanol–water partition coefficient (Wildman–Crippen LogP) is 3.07. The maximum atomic E-state index is 12.3. The second kappa shape index (κ2) is 12.5. The molecule has 1 aliphatic heterocycles. The first kappa shape index (κ1) is 22.6. The van der Waals surface area contributed by atoms with Gasteiger partial charge in [0.05, 0.1) is 12.7 Å². The lowest BCUT2D eigenvalue weighted by atomic mass is 10.1. The Hall–Kier alpha value is -2.12. The third kappa shape index (κ3) is 7.61. The fraction of sp³-hybridized carbons (Fsp3) is 0.652. The molecule has 1 saturated carbocycles. The first-order valence-electron chi connectivity index (χ1n) is 11.3. The molecule has 7 heteroatoms. The molecule has 1 unspecified atom stereocenters. The second-order valence-electron chi connectivity index (χ2n) is 8.09. The number of nitrogens with zero attached hydrogens (tertiary/aromatic N) is 1. The van der Waals surface area contributed by atoms with Gasteiger partial charge in [-0.25, -0.2) is 0 Å². The Bertz CT molecular complexity index is 683. The van der Waals surface area contributed by atoms with Crippen LogP contribution in [-0.4, -0.2) is 51.4 Å². The van der Waals surface area contributed by atoms with Gasteiger partial charge < -0.3 is 25.4 Å². The third-order valence-corrected chi connectivity index (χ3v) is 5.69. The SMILES string of the molecule is CN=C(NCCCOCC1CCCO1)NCc1cccc(NC(=O)C2CCCC2)c1. The van der Waals surface area contributed by atoms with E-state index < -0.39 is 0 Å². The molecule has 1 aromatic carbocycles. The van der Waals surface area contributed by atoms with E-state index in [4.69, 9.17) is 9.47 Å². The number of carbonyl (C=O) groups is 1. The van der Waals surface area contributed by atoms with E-state index >= 15 is 0 Å². The van der Waals surface area contributed by atoms with Crippen LogP contribution >= 0.6 is 0 Å². The lowest BCUT2D eigenvalue weighted by Crippen LogP contribution is -2.37. The van der Waals surface area contributed by atoms with Crippen molar-refractivity contribution >= 4 is 17.6 Å². The average Bonchev–Trinajstić information content (AvgIpc) is 3.47. The van der Waals surface area contributed by atoms with Gasteiger partial charge in [0.15, 0.2) is 5.96 Å². The smallest absolute Gasteiger partial charge is 0.227 e. The van der Waals surface area contributed by atoms with E-state index in [9.17, 15) is 4.79 Å². The van der Waals surface area contributed by atoms with Gasteiger partial charge in [-0.05, 0) is 49.8 Å². The summed E-state index contributed by atoms with van der Waals surface area (Å²) in [4.78, 5) is 16.6. The minimum atomic E-state index is 0.150. The monoisotopic (exact) mass is 416 g/mol. The molecular weight excluding hydrogens is 380 g/mol. The number of rotatable bonds is 10. The van der Waals surface area contributed by atoms with Gasteiger partial charge in [-0.15, -0.1) is 0 Å². The van der Waals surface area contributed by atoms with Crippen LogP contribution in [0.2, 0.25) is 0 Å². The highest BCUT2D eigenvalue weighted by Crippen LogP contribution is 2.26. The number of anilines is 1. The minimum Gasteiger partial charge on any atom is -0.379 e. The van der Waals surface area contributed by atoms with Crippen LogP contribution in [0.15, 0.2) is 29.3 Å². The highest BCUT2D eigenvalue weighted by atomic mass is 16.5. The molecule has 1 aromatic rings. The number of hydrogen-bond acceptors (Lipinski definition) is 4. The van der Waals surface area contributed by atoms with E-state index in [1.165, 1.54) is 0 Å². The van der Waals surface area contributed by atoms with Crippen LogP contribution in [0.3, 0.4) is 0 Å². The van der Waals surface area contributed by atoms with Gasteiger partial charge in [0.1, 0.15) is 0 Å². The molecule has 7 nitrogen and oxygen atoms in total. The molecular formula is C23H36N4O3. The molecule has 30 heavy (non-hydrogen) atoms. The lowest BCUT2D eigenvalue weighted by molar-refractivity contribution is -0.119. The molecule has 3 N–H and O–H groups in total. The largest absolute Gasteiger partial charge is 0.379 e. The number of guanidine groups is 1. The zero-order valence-corrected chi connectivity index (χ0v) is 18.1. The molecule has 1 saturated heterocycles. The van der Waals surface area contributed by atoms with E-state index in [1.807, 2.05) is 24.3 Å². The molecule has 0 radical (unpaired) electrons. The summed E-state index contributed by atoms with van der Waals surface area (Å²) in [6, 6.07) is 7.99. The molecule has 1 heterocycles. The summed E-state index contributed by atoms with van der Waals surface area (Å²) in [5.41, 5.74) is 1.96. The topological polar surface area (TPSA) is 84.0 Å². The fourth-order valence-corrected chi connectivity index (χ4v) is 3.97. The molecule has 0 aromatic heterocycles. The van der Waals surface area contributed by atoms with Crippen molar-refractivity contribution in [2.24, 2.45) is 10.9 Å². The number of amides is 1. The van der Waals surface area contributed by atoms with Crippen molar-refractivity contribution in [2.45, 2.75) is 57.6 Å². The van der Waals surface area contributed by atoms with Crippen LogP contribution in [0.4, 0.5) is 5.69 Å². The molecule has 0 spiro atoms. The Morgan fingerprint density at radius 2 is 2.07 bits per heavy atom. The average molecular weight is 417 g/mol. The van der Waals surface area contributed by atoms with Gasteiger partial charge in [0.2, 0.25) is 5.91 Å². The zero-order chi connectivity index (χ0) is 21.0. The number of benzene rings is 1. The Balaban J connectivity index is 1.32. The van der Waals surface area contributed by atoms with E-state index in [1.54, 1.807) is 7.05 Å². The van der Waals surface area contributed by atoms with Crippen LogP contribution in [0, 0.1) is 5.92 Å². The van der Waals surface area contributed by atoms with E-state index in [-0.39, 0.29) is 17.9 Å². The Kier molecular flexibility index (Phi) is 9.44. The number of aliphatic imine (C=N–C) groups is 1. The summed E-state index contributed by atoms with van der Waals surface area (Å²) < 4.78 is 11.2. The molecule has 2 fully saturated rings. The molecule has 3 rings (SSSR count). The van der Waals surface area contributed by atoms with Crippen LogP contribution in [0.1, 0.15) is 50.5 Å². The summed E-state index contributed by atoms with van der Waals surface area (Å²) in [5, 5.41) is 9.70. The second-order valence-corrected chi connectivity index (χ2v) is 8.09. The zero-order valence-electron chi connectivity index (χ0n) is 18.1. The standard InChI is InChI=1S/C23H36N4O3/c1-24-23(25-12-6-13-29-17-21-11-5-14-30-21)26-16-18-7-4-10-20(15-18)27-22(28)19-8-2-3-9-19/h4,7,10,15,19,21H,2-3,5-6,8-9,11-14,16-17H2,1H3,(H,27,28)(H2,24,25,26).